The molecule has 1 fully saturated rings. The van der Waals surface area contributed by atoms with E-state index in [1.54, 1.807) is 6.07 Å². The van der Waals surface area contributed by atoms with Gasteiger partial charge in [-0.15, -0.1) is 0 Å². The average Bonchev–Trinajstić information content (AvgIpc) is 2.52. The first-order valence-corrected chi connectivity index (χ1v) is 6.86. The Morgan fingerprint density at radius 1 is 1.28 bits per heavy atom. The van der Waals surface area contributed by atoms with E-state index in [0.29, 0.717) is 11.6 Å². The Kier molecular flexibility index (Phi) is 4.98. The van der Waals surface area contributed by atoms with Crippen molar-refractivity contribution in [2.24, 2.45) is 0 Å². The van der Waals surface area contributed by atoms with Gasteiger partial charge in [0.05, 0.1) is 6.61 Å². The maximum absolute atomic E-state index is 13.3. The largest absolute Gasteiger partial charge is 0.395 e. The molecule has 1 N–H and O–H groups in total. The summed E-state index contributed by atoms with van der Waals surface area (Å²) >= 11 is 5.86. The van der Waals surface area contributed by atoms with Crippen molar-refractivity contribution in [1.82, 2.24) is 4.90 Å². The van der Waals surface area contributed by atoms with Gasteiger partial charge in [-0.2, -0.15) is 0 Å². The van der Waals surface area contributed by atoms with Crippen LogP contribution >= 0.6 is 11.6 Å². The third kappa shape index (κ3) is 3.67. The molecule has 1 heterocycles. The highest BCUT2D eigenvalue weighted by molar-refractivity contribution is 6.30. The van der Waals surface area contributed by atoms with Crippen molar-refractivity contribution in [3.63, 3.8) is 0 Å². The van der Waals surface area contributed by atoms with Gasteiger partial charge >= 0.3 is 0 Å². The van der Waals surface area contributed by atoms with Gasteiger partial charge in [0.25, 0.3) is 0 Å². The third-order valence-corrected chi connectivity index (χ3v) is 3.74. The summed E-state index contributed by atoms with van der Waals surface area (Å²) < 4.78 is 13.3. The summed E-state index contributed by atoms with van der Waals surface area (Å²) in [7, 11) is 0. The zero-order chi connectivity index (χ0) is 13.0. The van der Waals surface area contributed by atoms with Crippen molar-refractivity contribution < 1.29 is 9.50 Å². The molecule has 0 amide bonds. The van der Waals surface area contributed by atoms with Gasteiger partial charge in [-0.05, 0) is 43.1 Å². The van der Waals surface area contributed by atoms with Gasteiger partial charge in [0.15, 0.2) is 0 Å². The van der Waals surface area contributed by atoms with E-state index in [0.717, 1.165) is 31.4 Å². The monoisotopic (exact) mass is 271 g/mol. The smallest absolute Gasteiger partial charge is 0.125 e. The zero-order valence-electron chi connectivity index (χ0n) is 10.4. The number of hydrogen-bond donors (Lipinski definition) is 1. The molecule has 1 aliphatic heterocycles. The van der Waals surface area contributed by atoms with Crippen molar-refractivity contribution in [3.05, 3.63) is 34.6 Å². The molecule has 0 radical (unpaired) electrons. The summed E-state index contributed by atoms with van der Waals surface area (Å²) in [5.41, 5.74) is 0.875. The number of aliphatic hydroxyl groups excluding tert-OH is 1. The molecule has 1 aliphatic rings. The fourth-order valence-corrected chi connectivity index (χ4v) is 2.83. The van der Waals surface area contributed by atoms with Crippen LogP contribution in [0.3, 0.4) is 0 Å². The molecule has 0 aliphatic carbocycles. The zero-order valence-corrected chi connectivity index (χ0v) is 11.2. The minimum absolute atomic E-state index is 0.170. The molecule has 1 aromatic rings. The van der Waals surface area contributed by atoms with Gasteiger partial charge in [-0.1, -0.05) is 24.4 Å². The van der Waals surface area contributed by atoms with Crippen LogP contribution in [0.4, 0.5) is 4.39 Å². The minimum Gasteiger partial charge on any atom is -0.395 e. The Bertz CT molecular complexity index is 379. The number of hydrogen-bond acceptors (Lipinski definition) is 2. The predicted octanol–water partition coefficient (Wildman–Crippen LogP) is 3.22. The topological polar surface area (TPSA) is 23.5 Å². The van der Waals surface area contributed by atoms with E-state index in [4.69, 9.17) is 11.6 Å². The van der Waals surface area contributed by atoms with E-state index in [1.807, 2.05) is 0 Å². The summed E-state index contributed by atoms with van der Waals surface area (Å²) in [6.45, 7) is 1.78. The van der Waals surface area contributed by atoms with E-state index >= 15 is 0 Å². The molecule has 1 atom stereocenters. The quantitative estimate of drug-likeness (QED) is 0.912. The average molecular weight is 272 g/mol. The van der Waals surface area contributed by atoms with Gasteiger partial charge in [-0.3, -0.25) is 4.90 Å². The van der Waals surface area contributed by atoms with Crippen molar-refractivity contribution in [2.75, 3.05) is 13.2 Å². The standard InChI is InChI=1S/C14H19ClFNO/c15-12-6-11(7-13(16)8-12)9-17-5-3-1-2-4-14(17)10-18/h6-8,14,18H,1-5,9-10H2/t14-/m0/s1. The van der Waals surface area contributed by atoms with E-state index in [9.17, 15) is 9.50 Å². The Balaban J connectivity index is 2.09. The first kappa shape index (κ1) is 13.8. The number of rotatable bonds is 3. The molecular weight excluding hydrogens is 253 g/mol. The molecular formula is C14H19ClFNO. The highest BCUT2D eigenvalue weighted by Gasteiger charge is 2.20. The second-order valence-corrected chi connectivity index (χ2v) is 5.37. The Labute approximate surface area is 112 Å². The molecule has 2 rings (SSSR count). The maximum Gasteiger partial charge on any atom is 0.125 e. The number of nitrogens with zero attached hydrogens (tertiary/aromatic N) is 1. The Morgan fingerprint density at radius 3 is 2.83 bits per heavy atom. The molecule has 18 heavy (non-hydrogen) atoms. The lowest BCUT2D eigenvalue weighted by Gasteiger charge is -2.28. The molecule has 100 valence electrons. The third-order valence-electron chi connectivity index (χ3n) is 3.52. The van der Waals surface area contributed by atoms with Gasteiger partial charge < -0.3 is 5.11 Å². The van der Waals surface area contributed by atoms with Crippen LogP contribution in [0.5, 0.6) is 0 Å². The molecule has 1 saturated heterocycles. The molecule has 0 unspecified atom stereocenters. The van der Waals surface area contributed by atoms with E-state index in [2.05, 4.69) is 4.90 Å². The minimum atomic E-state index is -0.298. The first-order chi connectivity index (χ1) is 8.69. The number of halogens is 2. The fraction of sp³-hybridized carbons (Fsp3) is 0.571. The van der Waals surface area contributed by atoms with Crippen molar-refractivity contribution in [3.8, 4) is 0 Å². The Hall–Kier alpha value is -0.640. The molecule has 2 nitrogen and oxygen atoms in total. The second-order valence-electron chi connectivity index (χ2n) is 4.93. The highest BCUT2D eigenvalue weighted by atomic mass is 35.5. The van der Waals surface area contributed by atoms with Crippen LogP contribution in [0.25, 0.3) is 0 Å². The summed E-state index contributed by atoms with van der Waals surface area (Å²) in [4.78, 5) is 2.23. The number of aliphatic hydroxyl groups is 1. The van der Waals surface area contributed by atoms with Crippen LogP contribution in [0.1, 0.15) is 31.2 Å². The lowest BCUT2D eigenvalue weighted by atomic mass is 10.1. The molecule has 1 aromatic carbocycles. The van der Waals surface area contributed by atoms with E-state index in [1.165, 1.54) is 18.6 Å². The van der Waals surface area contributed by atoms with Crippen LogP contribution in [0.2, 0.25) is 5.02 Å². The van der Waals surface area contributed by atoms with Crippen molar-refractivity contribution in [2.45, 2.75) is 38.3 Å². The Morgan fingerprint density at radius 2 is 2.11 bits per heavy atom. The maximum atomic E-state index is 13.3. The van der Waals surface area contributed by atoms with Crippen molar-refractivity contribution >= 4 is 11.6 Å². The normalized spacial score (nSPS) is 21.8. The molecule has 0 aromatic heterocycles. The number of benzene rings is 1. The number of likely N-dealkylation sites (tertiary alicyclic amines) is 1. The first-order valence-electron chi connectivity index (χ1n) is 6.49. The lowest BCUT2D eigenvalue weighted by Crippen LogP contribution is -2.36. The summed E-state index contributed by atoms with van der Waals surface area (Å²) in [5, 5.41) is 9.86. The van der Waals surface area contributed by atoms with Crippen molar-refractivity contribution in [1.29, 1.82) is 0 Å². The van der Waals surface area contributed by atoms with Crippen LogP contribution < -0.4 is 0 Å². The summed E-state index contributed by atoms with van der Waals surface area (Å²) in [5.74, 6) is -0.298. The second kappa shape index (κ2) is 6.50. The highest BCUT2D eigenvalue weighted by Crippen LogP contribution is 2.21. The summed E-state index contributed by atoms with van der Waals surface area (Å²) in [6, 6.07) is 4.82. The molecule has 0 bridgehead atoms. The SMILES string of the molecule is OC[C@@H]1CCCCCN1Cc1cc(F)cc(Cl)c1. The van der Waals surface area contributed by atoms with E-state index in [-0.39, 0.29) is 18.5 Å². The predicted molar refractivity (Wildman–Crippen MR) is 71.2 cm³/mol. The van der Waals surface area contributed by atoms with Crippen LogP contribution in [0.15, 0.2) is 18.2 Å². The van der Waals surface area contributed by atoms with Gasteiger partial charge in [0, 0.05) is 17.6 Å². The molecule has 0 saturated carbocycles. The van der Waals surface area contributed by atoms with Crippen LogP contribution in [0, 0.1) is 5.82 Å². The van der Waals surface area contributed by atoms with Gasteiger partial charge in [0.1, 0.15) is 5.82 Å². The molecule has 0 spiro atoms. The van der Waals surface area contributed by atoms with Crippen LogP contribution in [-0.2, 0) is 6.54 Å². The van der Waals surface area contributed by atoms with Crippen LogP contribution in [-0.4, -0.2) is 29.2 Å². The molecule has 4 heteroatoms. The van der Waals surface area contributed by atoms with Gasteiger partial charge in [0.2, 0.25) is 0 Å². The summed E-state index contributed by atoms with van der Waals surface area (Å²) in [6.07, 6.45) is 4.52. The van der Waals surface area contributed by atoms with Gasteiger partial charge in [-0.25, -0.2) is 4.39 Å². The van der Waals surface area contributed by atoms with E-state index < -0.39 is 0 Å². The lowest BCUT2D eigenvalue weighted by molar-refractivity contribution is 0.118. The fourth-order valence-electron chi connectivity index (χ4n) is 2.59.